The SMILES string of the molecule is CC[S@@](=O)(=NC)c1ccc(Nc2ncc(C(F)(F)F)c(N[C@@H]3CCC[C@H]3N(C)C)n2)cc1. The molecule has 1 heterocycles. The first-order valence-corrected chi connectivity index (χ1v) is 12.1. The van der Waals surface area contributed by atoms with Gasteiger partial charge in [0.1, 0.15) is 11.4 Å². The van der Waals surface area contributed by atoms with Crippen LogP contribution in [-0.2, 0) is 15.9 Å². The number of halogens is 3. The van der Waals surface area contributed by atoms with Gasteiger partial charge in [-0.15, -0.1) is 0 Å². The number of hydrogen-bond donors (Lipinski definition) is 2. The maximum Gasteiger partial charge on any atom is 0.421 e. The van der Waals surface area contributed by atoms with Crippen LogP contribution in [0, 0.1) is 0 Å². The zero-order chi connectivity index (χ0) is 23.5. The summed E-state index contributed by atoms with van der Waals surface area (Å²) in [7, 11) is 2.91. The van der Waals surface area contributed by atoms with Gasteiger partial charge in [0.05, 0.1) is 9.73 Å². The average Bonchev–Trinajstić information content (AvgIpc) is 3.21. The van der Waals surface area contributed by atoms with Gasteiger partial charge in [-0.2, -0.15) is 18.2 Å². The highest BCUT2D eigenvalue weighted by molar-refractivity contribution is 7.93. The molecule has 2 N–H and O–H groups in total. The molecule has 7 nitrogen and oxygen atoms in total. The zero-order valence-corrected chi connectivity index (χ0v) is 19.4. The van der Waals surface area contributed by atoms with Crippen LogP contribution in [0.5, 0.6) is 0 Å². The lowest BCUT2D eigenvalue weighted by Gasteiger charge is -2.28. The molecule has 1 aliphatic carbocycles. The number of benzene rings is 1. The predicted molar refractivity (Wildman–Crippen MR) is 121 cm³/mol. The Hall–Kier alpha value is -2.40. The number of aromatic nitrogens is 2. The van der Waals surface area contributed by atoms with Gasteiger partial charge in [0.25, 0.3) is 0 Å². The molecule has 3 rings (SSSR count). The van der Waals surface area contributed by atoms with Crippen molar-refractivity contribution in [3.8, 4) is 0 Å². The third-order valence-corrected chi connectivity index (χ3v) is 8.11. The third-order valence-electron chi connectivity index (χ3n) is 5.72. The molecule has 0 saturated heterocycles. The molecule has 0 spiro atoms. The van der Waals surface area contributed by atoms with E-state index in [4.69, 9.17) is 0 Å². The molecule has 2 aromatic rings. The van der Waals surface area contributed by atoms with Gasteiger partial charge >= 0.3 is 6.18 Å². The molecule has 0 amide bonds. The summed E-state index contributed by atoms with van der Waals surface area (Å²) < 4.78 is 57.4. The summed E-state index contributed by atoms with van der Waals surface area (Å²) in [6, 6.07) is 6.74. The number of rotatable bonds is 7. The molecule has 1 saturated carbocycles. The highest BCUT2D eigenvalue weighted by Gasteiger charge is 2.37. The first-order chi connectivity index (χ1) is 15.1. The smallest absolute Gasteiger partial charge is 0.365 e. The van der Waals surface area contributed by atoms with E-state index >= 15 is 0 Å². The van der Waals surface area contributed by atoms with E-state index < -0.39 is 21.5 Å². The van der Waals surface area contributed by atoms with Crippen LogP contribution in [0.15, 0.2) is 39.7 Å². The summed E-state index contributed by atoms with van der Waals surface area (Å²) in [4.78, 5) is 10.6. The van der Waals surface area contributed by atoms with E-state index in [1.54, 1.807) is 31.2 Å². The Morgan fingerprint density at radius 1 is 1.22 bits per heavy atom. The van der Waals surface area contributed by atoms with Crippen molar-refractivity contribution in [3.05, 3.63) is 36.0 Å². The van der Waals surface area contributed by atoms with Crippen molar-refractivity contribution in [2.45, 2.75) is 49.3 Å². The van der Waals surface area contributed by atoms with E-state index in [-0.39, 0.29) is 23.8 Å². The van der Waals surface area contributed by atoms with Crippen LogP contribution in [0.3, 0.4) is 0 Å². The fourth-order valence-electron chi connectivity index (χ4n) is 3.94. The molecule has 11 heteroatoms. The van der Waals surface area contributed by atoms with Gasteiger partial charge in [-0.3, -0.25) is 0 Å². The van der Waals surface area contributed by atoms with Gasteiger partial charge in [0.15, 0.2) is 0 Å². The molecule has 3 atom stereocenters. The molecule has 0 aliphatic heterocycles. The molecule has 32 heavy (non-hydrogen) atoms. The van der Waals surface area contributed by atoms with E-state index in [9.17, 15) is 17.4 Å². The van der Waals surface area contributed by atoms with Crippen molar-refractivity contribution in [1.29, 1.82) is 0 Å². The third kappa shape index (κ3) is 5.32. The maximum absolute atomic E-state index is 13.6. The lowest BCUT2D eigenvalue weighted by Crippen LogP contribution is -2.39. The van der Waals surface area contributed by atoms with Crippen LogP contribution < -0.4 is 10.6 Å². The van der Waals surface area contributed by atoms with Crippen molar-refractivity contribution >= 4 is 27.2 Å². The molecule has 0 radical (unpaired) electrons. The monoisotopic (exact) mass is 470 g/mol. The first kappa shape index (κ1) is 24.2. The predicted octanol–water partition coefficient (Wildman–Crippen LogP) is 4.61. The van der Waals surface area contributed by atoms with Crippen molar-refractivity contribution in [2.24, 2.45) is 4.36 Å². The van der Waals surface area contributed by atoms with Gasteiger partial charge in [-0.1, -0.05) is 6.92 Å². The van der Waals surface area contributed by atoms with Crippen LogP contribution in [0.25, 0.3) is 0 Å². The summed E-state index contributed by atoms with van der Waals surface area (Å²) in [5.74, 6) is 0.204. The Morgan fingerprint density at radius 2 is 1.91 bits per heavy atom. The van der Waals surface area contributed by atoms with Gasteiger partial charge in [-0.05, 0) is 57.6 Å². The molecule has 0 bridgehead atoms. The van der Waals surface area contributed by atoms with Gasteiger partial charge in [0, 0.05) is 41.7 Å². The standard InChI is InChI=1S/C21H29F3N6OS/c1-5-32(31,25-2)15-11-9-14(10-12-15)27-20-26-13-16(21(22,23)24)19(29-20)28-17-7-6-8-18(17)30(3)4/h9-13,17-18H,5-8H2,1-4H3,(H2,26,27,28,29)/t17-,18-,32+/m1/s1. The normalized spacial score (nSPS) is 20.8. The topological polar surface area (TPSA) is 82.5 Å². The van der Waals surface area contributed by atoms with E-state index in [2.05, 4.69) is 25.0 Å². The quantitative estimate of drug-likeness (QED) is 0.615. The number of alkyl halides is 3. The highest BCUT2D eigenvalue weighted by atomic mass is 32.2. The van der Waals surface area contributed by atoms with Gasteiger partial charge in [-0.25, -0.2) is 13.6 Å². The minimum atomic E-state index is -4.57. The van der Waals surface area contributed by atoms with E-state index in [0.29, 0.717) is 16.3 Å². The van der Waals surface area contributed by atoms with E-state index in [1.165, 1.54) is 7.05 Å². The Labute approximate surface area is 187 Å². The second-order valence-corrected chi connectivity index (χ2v) is 10.6. The van der Waals surface area contributed by atoms with E-state index in [0.717, 1.165) is 25.5 Å². The van der Waals surface area contributed by atoms with Crippen molar-refractivity contribution in [1.82, 2.24) is 14.9 Å². The molecular formula is C21H29F3N6OS. The molecular weight excluding hydrogens is 441 g/mol. The van der Waals surface area contributed by atoms with E-state index in [1.807, 2.05) is 19.0 Å². The van der Waals surface area contributed by atoms with Crippen LogP contribution in [0.2, 0.25) is 0 Å². The second kappa shape index (κ2) is 9.62. The average molecular weight is 471 g/mol. The number of hydrogen-bond acceptors (Lipinski definition) is 7. The van der Waals surface area contributed by atoms with Crippen LogP contribution >= 0.6 is 0 Å². The summed E-state index contributed by atoms with van der Waals surface area (Å²) in [6.07, 6.45) is -1.15. The Morgan fingerprint density at radius 3 is 2.47 bits per heavy atom. The first-order valence-electron chi connectivity index (χ1n) is 10.4. The molecule has 176 valence electrons. The summed E-state index contributed by atoms with van der Waals surface area (Å²) >= 11 is 0. The van der Waals surface area contributed by atoms with Crippen LogP contribution in [0.4, 0.5) is 30.6 Å². The lowest BCUT2D eigenvalue weighted by atomic mass is 10.1. The zero-order valence-electron chi connectivity index (χ0n) is 18.6. The summed E-state index contributed by atoms with van der Waals surface area (Å²) in [5, 5.41) is 5.95. The molecule has 1 aliphatic rings. The van der Waals surface area contributed by atoms with Crippen LogP contribution in [-0.4, -0.2) is 58.1 Å². The van der Waals surface area contributed by atoms with Crippen molar-refractivity contribution < 1.29 is 17.4 Å². The number of nitrogens with zero attached hydrogens (tertiary/aromatic N) is 4. The van der Waals surface area contributed by atoms with Crippen molar-refractivity contribution in [3.63, 3.8) is 0 Å². The highest BCUT2D eigenvalue weighted by Crippen LogP contribution is 2.36. The Balaban J connectivity index is 1.87. The minimum absolute atomic E-state index is 0.0454. The Kier molecular flexibility index (Phi) is 7.29. The molecule has 0 unspecified atom stereocenters. The fraction of sp³-hybridized carbons (Fsp3) is 0.524. The number of anilines is 3. The van der Waals surface area contributed by atoms with Crippen molar-refractivity contribution in [2.75, 3.05) is 37.5 Å². The fourth-order valence-corrected chi connectivity index (χ4v) is 5.31. The number of likely N-dealkylation sites (N-methyl/N-ethyl adjacent to an activating group) is 1. The molecule has 1 fully saturated rings. The molecule has 1 aromatic heterocycles. The Bertz CT molecular complexity index is 1050. The molecule has 1 aromatic carbocycles. The van der Waals surface area contributed by atoms with Gasteiger partial charge in [0.2, 0.25) is 5.95 Å². The van der Waals surface area contributed by atoms with Crippen LogP contribution in [0.1, 0.15) is 31.7 Å². The summed E-state index contributed by atoms with van der Waals surface area (Å²) in [6.45, 7) is 1.80. The second-order valence-electron chi connectivity index (χ2n) is 7.93. The maximum atomic E-state index is 13.6. The lowest BCUT2D eigenvalue weighted by molar-refractivity contribution is -0.137. The minimum Gasteiger partial charge on any atom is -0.365 e. The summed E-state index contributed by atoms with van der Waals surface area (Å²) in [5.41, 5.74) is -0.324. The largest absolute Gasteiger partial charge is 0.421 e. The number of nitrogens with one attached hydrogen (secondary N) is 2. The van der Waals surface area contributed by atoms with Gasteiger partial charge < -0.3 is 15.5 Å².